The zero-order valence-electron chi connectivity index (χ0n) is 9.70. The first-order chi connectivity index (χ1) is 7.91. The Kier molecular flexibility index (Phi) is 4.47. The minimum Gasteiger partial charge on any atom is -0.478 e. The van der Waals surface area contributed by atoms with Crippen molar-refractivity contribution in [2.75, 3.05) is 11.9 Å². The molecule has 0 bridgehead atoms. The summed E-state index contributed by atoms with van der Waals surface area (Å²) in [5, 5.41) is 21.3. The van der Waals surface area contributed by atoms with Crippen molar-refractivity contribution in [3.8, 4) is 0 Å². The smallest absolute Gasteiger partial charge is 0.339 e. The first-order valence-corrected chi connectivity index (χ1v) is 5.99. The monoisotopic (exact) mass is 302 g/mol. The molecular weight excluding hydrogens is 288 g/mol. The van der Waals surface area contributed by atoms with E-state index in [1.54, 1.807) is 0 Å². The summed E-state index contributed by atoms with van der Waals surface area (Å²) in [7, 11) is 0. The minimum absolute atomic E-state index is 0.0764. The molecule has 5 nitrogen and oxygen atoms in total. The number of aliphatic hydroxyl groups excluding tert-OH is 1. The molecular formula is C11H15BrN2O3. The fourth-order valence-electron chi connectivity index (χ4n) is 1.23. The second kappa shape index (κ2) is 5.46. The van der Waals surface area contributed by atoms with Crippen molar-refractivity contribution in [1.82, 2.24) is 4.98 Å². The van der Waals surface area contributed by atoms with Crippen LogP contribution in [0.4, 0.5) is 5.82 Å². The average Bonchev–Trinajstić information content (AvgIpc) is 2.31. The standard InChI is InChI=1S/C11H15BrN2O3/c1-3-11(2,6-15)14-9-8(10(16)17)4-7(12)5-13-9/h4-5,15H,3,6H2,1-2H3,(H,13,14)(H,16,17). The van der Waals surface area contributed by atoms with E-state index in [9.17, 15) is 9.90 Å². The van der Waals surface area contributed by atoms with Gasteiger partial charge < -0.3 is 15.5 Å². The molecule has 1 atom stereocenters. The van der Waals surface area contributed by atoms with Crippen molar-refractivity contribution in [3.63, 3.8) is 0 Å². The fraction of sp³-hybridized carbons (Fsp3) is 0.455. The zero-order chi connectivity index (χ0) is 13.1. The largest absolute Gasteiger partial charge is 0.478 e. The van der Waals surface area contributed by atoms with Gasteiger partial charge in [-0.3, -0.25) is 0 Å². The molecule has 0 aliphatic heterocycles. The number of aromatic nitrogens is 1. The maximum atomic E-state index is 11.1. The number of nitrogens with one attached hydrogen (secondary N) is 1. The number of carboxylic acid groups (broad SMARTS) is 1. The Labute approximate surface area is 108 Å². The van der Waals surface area contributed by atoms with Gasteiger partial charge in [-0.2, -0.15) is 0 Å². The number of aliphatic hydroxyl groups is 1. The van der Waals surface area contributed by atoms with Crippen molar-refractivity contribution < 1.29 is 15.0 Å². The van der Waals surface area contributed by atoms with E-state index in [1.807, 2.05) is 13.8 Å². The summed E-state index contributed by atoms with van der Waals surface area (Å²) in [5.74, 6) is -0.795. The zero-order valence-corrected chi connectivity index (χ0v) is 11.3. The Balaban J connectivity index is 3.10. The van der Waals surface area contributed by atoms with Crippen LogP contribution in [-0.2, 0) is 0 Å². The van der Waals surface area contributed by atoms with Gasteiger partial charge in [0, 0.05) is 10.7 Å². The topological polar surface area (TPSA) is 82.5 Å². The van der Waals surface area contributed by atoms with Crippen LogP contribution in [0.2, 0.25) is 0 Å². The number of pyridine rings is 1. The molecule has 94 valence electrons. The molecule has 17 heavy (non-hydrogen) atoms. The van der Waals surface area contributed by atoms with E-state index in [0.717, 1.165) is 0 Å². The lowest BCUT2D eigenvalue weighted by atomic mass is 10.00. The van der Waals surface area contributed by atoms with E-state index in [4.69, 9.17) is 5.11 Å². The van der Waals surface area contributed by atoms with E-state index in [2.05, 4.69) is 26.2 Å². The van der Waals surface area contributed by atoms with E-state index >= 15 is 0 Å². The lowest BCUT2D eigenvalue weighted by molar-refractivity contribution is 0.0697. The highest BCUT2D eigenvalue weighted by Gasteiger charge is 2.24. The number of carboxylic acids is 1. The summed E-state index contributed by atoms with van der Waals surface area (Å²) in [6, 6.07) is 1.48. The number of hydrogen-bond donors (Lipinski definition) is 3. The van der Waals surface area contributed by atoms with Gasteiger partial charge in [0.1, 0.15) is 11.4 Å². The molecule has 0 spiro atoms. The molecule has 6 heteroatoms. The summed E-state index contributed by atoms with van der Waals surface area (Å²) in [4.78, 5) is 15.1. The van der Waals surface area contributed by atoms with Gasteiger partial charge in [0.2, 0.25) is 0 Å². The van der Waals surface area contributed by atoms with Crippen LogP contribution in [0.3, 0.4) is 0 Å². The number of carbonyl (C=O) groups is 1. The normalized spacial score (nSPS) is 14.1. The first-order valence-electron chi connectivity index (χ1n) is 5.19. The summed E-state index contributed by atoms with van der Waals surface area (Å²) in [6.07, 6.45) is 2.17. The van der Waals surface area contributed by atoms with Crippen LogP contribution in [0.15, 0.2) is 16.7 Å². The van der Waals surface area contributed by atoms with Crippen LogP contribution in [-0.4, -0.2) is 33.3 Å². The number of hydrogen-bond acceptors (Lipinski definition) is 4. The maximum absolute atomic E-state index is 11.1. The molecule has 0 aromatic carbocycles. The van der Waals surface area contributed by atoms with Gasteiger partial charge in [-0.05, 0) is 35.3 Å². The van der Waals surface area contributed by atoms with Crippen molar-refractivity contribution in [2.45, 2.75) is 25.8 Å². The van der Waals surface area contributed by atoms with E-state index in [1.165, 1.54) is 12.3 Å². The molecule has 0 radical (unpaired) electrons. The number of nitrogens with zero attached hydrogens (tertiary/aromatic N) is 1. The van der Waals surface area contributed by atoms with Crippen molar-refractivity contribution in [1.29, 1.82) is 0 Å². The second-order valence-electron chi connectivity index (χ2n) is 4.05. The van der Waals surface area contributed by atoms with Gasteiger partial charge in [-0.15, -0.1) is 0 Å². The number of rotatable bonds is 5. The Bertz CT molecular complexity index is 419. The van der Waals surface area contributed by atoms with Crippen LogP contribution < -0.4 is 5.32 Å². The first kappa shape index (κ1) is 13.9. The summed E-state index contributed by atoms with van der Waals surface area (Å²) < 4.78 is 0.600. The van der Waals surface area contributed by atoms with Crippen LogP contribution in [0.25, 0.3) is 0 Å². The van der Waals surface area contributed by atoms with Crippen molar-refractivity contribution in [2.24, 2.45) is 0 Å². The van der Waals surface area contributed by atoms with Crippen LogP contribution >= 0.6 is 15.9 Å². The molecule has 0 saturated carbocycles. The molecule has 0 amide bonds. The van der Waals surface area contributed by atoms with Gasteiger partial charge in [0.25, 0.3) is 0 Å². The predicted molar refractivity (Wildman–Crippen MR) is 68.3 cm³/mol. The second-order valence-corrected chi connectivity index (χ2v) is 4.97. The average molecular weight is 303 g/mol. The summed E-state index contributed by atoms with van der Waals surface area (Å²) in [5.41, 5.74) is -0.502. The Morgan fingerprint density at radius 2 is 2.29 bits per heavy atom. The Morgan fingerprint density at radius 3 is 2.76 bits per heavy atom. The van der Waals surface area contributed by atoms with Gasteiger partial charge in [0.05, 0.1) is 12.1 Å². The van der Waals surface area contributed by atoms with E-state index in [0.29, 0.717) is 10.9 Å². The molecule has 0 aliphatic rings. The molecule has 1 aromatic rings. The third-order valence-corrected chi connectivity index (χ3v) is 3.07. The van der Waals surface area contributed by atoms with Crippen LogP contribution in [0, 0.1) is 0 Å². The summed E-state index contributed by atoms with van der Waals surface area (Å²) in [6.45, 7) is 3.62. The minimum atomic E-state index is -1.06. The molecule has 1 heterocycles. The van der Waals surface area contributed by atoms with Gasteiger partial charge in [-0.25, -0.2) is 9.78 Å². The van der Waals surface area contributed by atoms with E-state index < -0.39 is 11.5 Å². The third-order valence-electron chi connectivity index (χ3n) is 2.63. The molecule has 1 unspecified atom stereocenters. The highest BCUT2D eigenvalue weighted by Crippen LogP contribution is 2.22. The number of halogens is 1. The number of anilines is 1. The lowest BCUT2D eigenvalue weighted by Gasteiger charge is -2.28. The van der Waals surface area contributed by atoms with Crippen molar-refractivity contribution >= 4 is 27.7 Å². The third kappa shape index (κ3) is 3.41. The van der Waals surface area contributed by atoms with Crippen molar-refractivity contribution in [3.05, 3.63) is 22.3 Å². The van der Waals surface area contributed by atoms with Crippen LogP contribution in [0.1, 0.15) is 30.6 Å². The molecule has 1 aromatic heterocycles. The molecule has 3 N–H and O–H groups in total. The summed E-state index contributed by atoms with van der Waals surface area (Å²) >= 11 is 3.18. The van der Waals surface area contributed by atoms with E-state index in [-0.39, 0.29) is 18.0 Å². The van der Waals surface area contributed by atoms with Crippen LogP contribution in [0.5, 0.6) is 0 Å². The molecule has 0 aliphatic carbocycles. The quantitative estimate of drug-likeness (QED) is 0.776. The fourth-order valence-corrected chi connectivity index (χ4v) is 1.56. The van der Waals surface area contributed by atoms with Gasteiger partial charge in [0.15, 0.2) is 0 Å². The maximum Gasteiger partial charge on any atom is 0.339 e. The molecule has 1 rings (SSSR count). The molecule has 0 saturated heterocycles. The van der Waals surface area contributed by atoms with Gasteiger partial charge in [-0.1, -0.05) is 6.92 Å². The SMILES string of the molecule is CCC(C)(CO)Nc1ncc(Br)cc1C(=O)O. The lowest BCUT2D eigenvalue weighted by Crippen LogP contribution is -2.38. The Hall–Kier alpha value is -1.14. The highest BCUT2D eigenvalue weighted by atomic mass is 79.9. The van der Waals surface area contributed by atoms with Gasteiger partial charge >= 0.3 is 5.97 Å². The highest BCUT2D eigenvalue weighted by molar-refractivity contribution is 9.10. The number of aromatic carboxylic acids is 1. The molecule has 0 fully saturated rings. The predicted octanol–water partition coefficient (Wildman–Crippen LogP) is 2.12. The Morgan fingerprint density at radius 1 is 1.65 bits per heavy atom.